The van der Waals surface area contributed by atoms with Crippen molar-refractivity contribution in [1.82, 2.24) is 0 Å². The van der Waals surface area contributed by atoms with Gasteiger partial charge < -0.3 is 28.8 Å². The van der Waals surface area contributed by atoms with Crippen LogP contribution in [-0.4, -0.2) is 52.3 Å². The molecule has 0 aromatic heterocycles. The van der Waals surface area contributed by atoms with Crippen LogP contribution in [0.4, 0.5) is 5.69 Å². The Labute approximate surface area is 241 Å². The van der Waals surface area contributed by atoms with Gasteiger partial charge in [0.1, 0.15) is 10.8 Å². The molecule has 0 saturated carbocycles. The fourth-order valence-electron chi connectivity index (χ4n) is 4.67. The molecule has 1 unspecified atom stereocenters. The van der Waals surface area contributed by atoms with E-state index in [0.717, 1.165) is 5.56 Å². The van der Waals surface area contributed by atoms with Crippen LogP contribution in [0.1, 0.15) is 22.7 Å². The van der Waals surface area contributed by atoms with E-state index in [1.165, 1.54) is 46.5 Å². The summed E-state index contributed by atoms with van der Waals surface area (Å²) in [6, 6.07) is 10.5. The number of ketones is 1. The molecule has 9 nitrogen and oxygen atoms in total. The van der Waals surface area contributed by atoms with Gasteiger partial charge in [-0.3, -0.25) is 14.5 Å². The van der Waals surface area contributed by atoms with Crippen LogP contribution < -0.4 is 28.6 Å². The summed E-state index contributed by atoms with van der Waals surface area (Å²) in [6.07, 6.45) is 0. The quantitative estimate of drug-likeness (QED) is 0.195. The van der Waals surface area contributed by atoms with Gasteiger partial charge >= 0.3 is 0 Å². The zero-order valence-electron chi connectivity index (χ0n) is 22.6. The topological polar surface area (TPSA) is 104 Å². The molecule has 0 bridgehead atoms. The van der Waals surface area contributed by atoms with Crippen molar-refractivity contribution in [3.05, 3.63) is 74.8 Å². The number of methoxy groups -OCH3 is 5. The van der Waals surface area contributed by atoms with Gasteiger partial charge in [0.25, 0.3) is 11.7 Å². The second-order valence-electron chi connectivity index (χ2n) is 8.75. The summed E-state index contributed by atoms with van der Waals surface area (Å²) in [4.78, 5) is 28.5. The molecule has 1 fully saturated rings. The number of aliphatic hydroxyl groups is 1. The number of rotatable bonds is 8. The third-order valence-electron chi connectivity index (χ3n) is 6.55. The lowest BCUT2D eigenvalue weighted by Crippen LogP contribution is -2.29. The SMILES string of the molecule is COc1cc(C2/C(=C(\O)c3cc(Cl)c(OC)c(Cl)c3OC)C(=O)C(=O)N2c2ccc(C)cc2)cc(OC)c1OC. The molecule has 1 heterocycles. The van der Waals surface area contributed by atoms with Crippen LogP contribution in [0.2, 0.25) is 10.0 Å². The number of ether oxygens (including phenoxy) is 5. The summed E-state index contributed by atoms with van der Waals surface area (Å²) in [5.41, 5.74) is 1.56. The van der Waals surface area contributed by atoms with E-state index in [1.54, 1.807) is 24.3 Å². The van der Waals surface area contributed by atoms with Crippen molar-refractivity contribution in [2.75, 3.05) is 40.4 Å². The molecule has 1 aliphatic heterocycles. The summed E-state index contributed by atoms with van der Waals surface area (Å²) in [5, 5.41) is 11.7. The summed E-state index contributed by atoms with van der Waals surface area (Å²) in [6.45, 7) is 1.90. The Morgan fingerprint density at radius 1 is 0.800 bits per heavy atom. The van der Waals surface area contributed by atoms with Crippen molar-refractivity contribution in [2.45, 2.75) is 13.0 Å². The van der Waals surface area contributed by atoms with Gasteiger partial charge in [-0.2, -0.15) is 0 Å². The fourth-order valence-corrected chi connectivity index (χ4v) is 5.36. The average molecular weight is 588 g/mol. The van der Waals surface area contributed by atoms with E-state index < -0.39 is 23.5 Å². The summed E-state index contributed by atoms with van der Waals surface area (Å²) >= 11 is 12.8. The molecule has 1 saturated heterocycles. The molecule has 0 spiro atoms. The Bertz CT molecular complexity index is 1490. The number of aryl methyl sites for hydroxylation is 1. The lowest BCUT2D eigenvalue weighted by molar-refractivity contribution is -0.132. The minimum atomic E-state index is -1.11. The maximum atomic E-state index is 13.7. The first kappa shape index (κ1) is 28.9. The van der Waals surface area contributed by atoms with E-state index in [4.69, 9.17) is 46.9 Å². The number of carbonyl (C=O) groups excluding carboxylic acids is 2. The van der Waals surface area contributed by atoms with Crippen molar-refractivity contribution in [3.63, 3.8) is 0 Å². The van der Waals surface area contributed by atoms with Crippen LogP contribution in [0.25, 0.3) is 5.76 Å². The number of carbonyl (C=O) groups is 2. The highest BCUT2D eigenvalue weighted by atomic mass is 35.5. The number of Topliss-reactive ketones (excluding diaryl/α,β-unsaturated/α-hetero) is 1. The minimum absolute atomic E-state index is 0.00218. The molecule has 210 valence electrons. The van der Waals surface area contributed by atoms with E-state index in [0.29, 0.717) is 28.5 Å². The number of hydrogen-bond donors (Lipinski definition) is 1. The standard InChI is InChI=1S/C29H27Cl2NO8/c1-14-7-9-16(10-8-14)32-23(15-11-19(36-2)28(40-6)20(12-15)37-3)21(25(34)29(32)35)24(33)17-13-18(30)27(39-5)22(31)26(17)38-4/h7-13,23,33H,1-6H3/b24-21+. The number of anilines is 1. The highest BCUT2D eigenvalue weighted by Gasteiger charge is 2.48. The number of nitrogens with zero attached hydrogens (tertiary/aromatic N) is 1. The average Bonchev–Trinajstić information content (AvgIpc) is 3.22. The van der Waals surface area contributed by atoms with Gasteiger partial charge in [-0.25, -0.2) is 0 Å². The van der Waals surface area contributed by atoms with Crippen molar-refractivity contribution in [1.29, 1.82) is 0 Å². The second kappa shape index (κ2) is 11.6. The van der Waals surface area contributed by atoms with Gasteiger partial charge in [-0.15, -0.1) is 0 Å². The molecular weight excluding hydrogens is 561 g/mol. The van der Waals surface area contributed by atoms with Crippen LogP contribution >= 0.6 is 23.2 Å². The Morgan fingerprint density at radius 3 is 1.85 bits per heavy atom. The summed E-state index contributed by atoms with van der Waals surface area (Å²) in [5.74, 6) is -1.30. The largest absolute Gasteiger partial charge is 0.507 e. The van der Waals surface area contributed by atoms with Gasteiger partial charge in [-0.1, -0.05) is 40.9 Å². The molecule has 11 heteroatoms. The smallest absolute Gasteiger partial charge is 0.300 e. The highest BCUT2D eigenvalue weighted by Crippen LogP contribution is 2.50. The summed E-state index contributed by atoms with van der Waals surface area (Å²) < 4.78 is 27.2. The second-order valence-corrected chi connectivity index (χ2v) is 9.53. The molecular formula is C29H27Cl2NO8. The van der Waals surface area contributed by atoms with Gasteiger partial charge in [0.15, 0.2) is 23.0 Å². The third kappa shape index (κ3) is 4.76. The maximum absolute atomic E-state index is 13.7. The Balaban J connectivity index is 2.08. The monoisotopic (exact) mass is 587 g/mol. The molecule has 3 aromatic rings. The predicted molar refractivity (Wildman–Crippen MR) is 152 cm³/mol. The number of aliphatic hydroxyl groups excluding tert-OH is 1. The van der Waals surface area contributed by atoms with Crippen LogP contribution in [-0.2, 0) is 9.59 Å². The zero-order chi connectivity index (χ0) is 29.3. The molecule has 1 amide bonds. The molecule has 4 rings (SSSR count). The molecule has 3 aromatic carbocycles. The first-order valence-electron chi connectivity index (χ1n) is 11.9. The minimum Gasteiger partial charge on any atom is -0.507 e. The molecule has 0 radical (unpaired) electrons. The van der Waals surface area contributed by atoms with Gasteiger partial charge in [0, 0.05) is 5.69 Å². The van der Waals surface area contributed by atoms with E-state index in [2.05, 4.69) is 0 Å². The Morgan fingerprint density at radius 2 is 1.35 bits per heavy atom. The van der Waals surface area contributed by atoms with Gasteiger partial charge in [0.2, 0.25) is 5.75 Å². The van der Waals surface area contributed by atoms with Crippen LogP contribution in [0, 0.1) is 6.92 Å². The summed E-state index contributed by atoms with van der Waals surface area (Å²) in [7, 11) is 7.08. The Kier molecular flexibility index (Phi) is 8.37. The van der Waals surface area contributed by atoms with E-state index in [1.807, 2.05) is 19.1 Å². The lowest BCUT2D eigenvalue weighted by Gasteiger charge is -2.27. The molecule has 0 aliphatic carbocycles. The first-order chi connectivity index (χ1) is 19.1. The van der Waals surface area contributed by atoms with E-state index in [9.17, 15) is 14.7 Å². The van der Waals surface area contributed by atoms with Gasteiger partial charge in [0.05, 0.1) is 57.8 Å². The van der Waals surface area contributed by atoms with Crippen LogP contribution in [0.15, 0.2) is 48.0 Å². The highest BCUT2D eigenvalue weighted by molar-refractivity contribution is 6.52. The van der Waals surface area contributed by atoms with Crippen molar-refractivity contribution < 1.29 is 38.4 Å². The number of amides is 1. The fraction of sp³-hybridized carbons (Fsp3) is 0.241. The Hall–Kier alpha value is -4.08. The van der Waals surface area contributed by atoms with E-state index in [-0.39, 0.29) is 32.7 Å². The number of hydrogen-bond acceptors (Lipinski definition) is 8. The third-order valence-corrected chi connectivity index (χ3v) is 7.18. The zero-order valence-corrected chi connectivity index (χ0v) is 24.1. The normalized spacial score (nSPS) is 16.2. The van der Waals surface area contributed by atoms with Gasteiger partial charge in [-0.05, 0) is 42.8 Å². The van der Waals surface area contributed by atoms with Crippen LogP contribution in [0.5, 0.6) is 28.7 Å². The molecule has 1 atom stereocenters. The predicted octanol–water partition coefficient (Wildman–Crippen LogP) is 5.97. The van der Waals surface area contributed by atoms with E-state index >= 15 is 0 Å². The number of benzene rings is 3. The molecule has 1 N–H and O–H groups in total. The van der Waals surface area contributed by atoms with Crippen molar-refractivity contribution in [2.24, 2.45) is 0 Å². The molecule has 40 heavy (non-hydrogen) atoms. The lowest BCUT2D eigenvalue weighted by atomic mass is 9.94. The molecule has 1 aliphatic rings. The maximum Gasteiger partial charge on any atom is 0.300 e. The van der Waals surface area contributed by atoms with Crippen molar-refractivity contribution >= 4 is 46.3 Å². The van der Waals surface area contributed by atoms with Crippen LogP contribution in [0.3, 0.4) is 0 Å². The first-order valence-corrected chi connectivity index (χ1v) is 12.7. The van der Waals surface area contributed by atoms with Crippen molar-refractivity contribution in [3.8, 4) is 28.7 Å². The number of halogens is 2.